The summed E-state index contributed by atoms with van der Waals surface area (Å²) in [5, 5.41) is 17.8. The van der Waals surface area contributed by atoms with Crippen molar-refractivity contribution in [1.82, 2.24) is 15.6 Å². The molecule has 2 heterocycles. The number of ether oxygens (including phenoxy) is 1. The topological polar surface area (TPSA) is 82.0 Å². The number of rotatable bonds is 7. The zero-order valence-corrected chi connectivity index (χ0v) is 20.3. The summed E-state index contributed by atoms with van der Waals surface area (Å²) in [5.74, 6) is 2.27. The van der Waals surface area contributed by atoms with Crippen molar-refractivity contribution in [2.45, 2.75) is 25.5 Å². The van der Waals surface area contributed by atoms with E-state index < -0.39 is 6.10 Å². The molecule has 0 amide bonds. The van der Waals surface area contributed by atoms with Gasteiger partial charge < -0.3 is 25.4 Å². The summed E-state index contributed by atoms with van der Waals surface area (Å²) in [6.07, 6.45) is 2.04. The Labute approximate surface area is 199 Å². The number of pyridine rings is 1. The third-order valence-electron chi connectivity index (χ3n) is 4.83. The van der Waals surface area contributed by atoms with Crippen molar-refractivity contribution in [2.75, 3.05) is 38.2 Å². The van der Waals surface area contributed by atoms with E-state index in [2.05, 4.69) is 25.5 Å². The molecule has 3 N–H and O–H groups in total. The van der Waals surface area contributed by atoms with E-state index >= 15 is 0 Å². The predicted molar refractivity (Wildman–Crippen MR) is 132 cm³/mol. The van der Waals surface area contributed by atoms with Crippen molar-refractivity contribution in [3.05, 3.63) is 53.2 Å². The van der Waals surface area contributed by atoms with Crippen LogP contribution in [0, 0.1) is 0 Å². The SMILES string of the molecule is CCNC(=NCC(O)c1ccc(OC)cc1)NC1CCN(c2ncccc2Cl)C1.I. The maximum atomic E-state index is 10.4. The van der Waals surface area contributed by atoms with Gasteiger partial charge in [0.05, 0.1) is 24.8 Å². The van der Waals surface area contributed by atoms with Gasteiger partial charge in [0, 0.05) is 31.9 Å². The summed E-state index contributed by atoms with van der Waals surface area (Å²) in [5.41, 5.74) is 0.808. The van der Waals surface area contributed by atoms with Gasteiger partial charge in [0.15, 0.2) is 5.96 Å². The highest BCUT2D eigenvalue weighted by Crippen LogP contribution is 2.25. The third-order valence-corrected chi connectivity index (χ3v) is 5.13. The second-order valence-electron chi connectivity index (χ2n) is 6.89. The number of methoxy groups -OCH3 is 1. The lowest BCUT2D eigenvalue weighted by molar-refractivity contribution is 0.187. The summed E-state index contributed by atoms with van der Waals surface area (Å²) in [7, 11) is 1.62. The van der Waals surface area contributed by atoms with Crippen LogP contribution < -0.4 is 20.3 Å². The maximum absolute atomic E-state index is 10.4. The zero-order chi connectivity index (χ0) is 20.6. The third kappa shape index (κ3) is 6.61. The first kappa shape index (κ1) is 24.5. The number of anilines is 1. The maximum Gasteiger partial charge on any atom is 0.191 e. The molecule has 0 bridgehead atoms. The van der Waals surface area contributed by atoms with Crippen molar-refractivity contribution >= 4 is 47.4 Å². The number of hydrogen-bond donors (Lipinski definition) is 3. The van der Waals surface area contributed by atoms with E-state index in [0.29, 0.717) is 11.0 Å². The zero-order valence-electron chi connectivity index (χ0n) is 17.2. The Kier molecular flexibility index (Phi) is 9.93. The number of halogens is 2. The van der Waals surface area contributed by atoms with Crippen molar-refractivity contribution in [3.63, 3.8) is 0 Å². The van der Waals surface area contributed by atoms with Crippen molar-refractivity contribution < 1.29 is 9.84 Å². The minimum Gasteiger partial charge on any atom is -0.497 e. The van der Waals surface area contributed by atoms with Crippen LogP contribution in [-0.4, -0.2) is 55.4 Å². The Morgan fingerprint density at radius 3 is 2.80 bits per heavy atom. The lowest BCUT2D eigenvalue weighted by atomic mass is 10.1. The number of nitrogens with one attached hydrogen (secondary N) is 2. The van der Waals surface area contributed by atoms with E-state index in [9.17, 15) is 5.11 Å². The molecule has 2 unspecified atom stereocenters. The van der Waals surface area contributed by atoms with Gasteiger partial charge >= 0.3 is 0 Å². The van der Waals surface area contributed by atoms with Crippen LogP contribution in [0.5, 0.6) is 5.75 Å². The minimum absolute atomic E-state index is 0. The van der Waals surface area contributed by atoms with Crippen LogP contribution in [0.4, 0.5) is 5.82 Å². The highest BCUT2D eigenvalue weighted by atomic mass is 127. The van der Waals surface area contributed by atoms with Gasteiger partial charge in [-0.25, -0.2) is 4.98 Å². The second kappa shape index (κ2) is 12.2. The first-order valence-corrected chi connectivity index (χ1v) is 10.2. The fourth-order valence-electron chi connectivity index (χ4n) is 3.30. The molecule has 1 aromatic carbocycles. The van der Waals surface area contributed by atoms with E-state index in [0.717, 1.165) is 43.2 Å². The molecule has 1 saturated heterocycles. The number of aliphatic hydroxyl groups excluding tert-OH is 1. The van der Waals surface area contributed by atoms with E-state index in [-0.39, 0.29) is 36.6 Å². The number of aliphatic hydroxyl groups is 1. The molecule has 2 aromatic rings. The van der Waals surface area contributed by atoms with Crippen LogP contribution in [-0.2, 0) is 0 Å². The van der Waals surface area contributed by atoms with Crippen LogP contribution in [0.15, 0.2) is 47.6 Å². The van der Waals surface area contributed by atoms with Crippen molar-refractivity contribution in [2.24, 2.45) is 4.99 Å². The van der Waals surface area contributed by atoms with Gasteiger partial charge in [-0.15, -0.1) is 24.0 Å². The summed E-state index contributed by atoms with van der Waals surface area (Å²) >= 11 is 6.27. The van der Waals surface area contributed by atoms with Gasteiger partial charge in [0.2, 0.25) is 0 Å². The number of benzene rings is 1. The molecular weight excluding hydrogens is 517 g/mol. The summed E-state index contributed by atoms with van der Waals surface area (Å²) < 4.78 is 5.16. The molecule has 1 aliphatic heterocycles. The van der Waals surface area contributed by atoms with Crippen LogP contribution in [0.25, 0.3) is 0 Å². The largest absolute Gasteiger partial charge is 0.497 e. The number of guanidine groups is 1. The highest BCUT2D eigenvalue weighted by Gasteiger charge is 2.25. The standard InChI is InChI=1S/C21H28ClN5O2.HI/c1-3-23-21(25-13-19(28)15-6-8-17(29-2)9-7-15)26-16-10-12-27(14-16)20-18(22)5-4-11-24-20;/h4-9,11,16,19,28H,3,10,12-14H2,1-2H3,(H2,23,25,26);1H. The molecule has 0 aliphatic carbocycles. The quantitative estimate of drug-likeness (QED) is 0.282. The van der Waals surface area contributed by atoms with E-state index in [1.54, 1.807) is 13.3 Å². The Hall–Kier alpha value is -1.78. The van der Waals surface area contributed by atoms with Crippen LogP contribution in [0.3, 0.4) is 0 Å². The highest BCUT2D eigenvalue weighted by molar-refractivity contribution is 14.0. The van der Waals surface area contributed by atoms with E-state index in [1.807, 2.05) is 43.3 Å². The molecule has 0 saturated carbocycles. The Morgan fingerprint density at radius 1 is 1.37 bits per heavy atom. The van der Waals surface area contributed by atoms with Crippen molar-refractivity contribution in [1.29, 1.82) is 0 Å². The van der Waals surface area contributed by atoms with Crippen LogP contribution in [0.2, 0.25) is 5.02 Å². The summed E-state index contributed by atoms with van der Waals surface area (Å²) in [6.45, 7) is 4.70. The second-order valence-corrected chi connectivity index (χ2v) is 7.30. The molecule has 9 heteroatoms. The Balaban J connectivity index is 0.00000320. The average molecular weight is 546 g/mol. The van der Waals surface area contributed by atoms with Gasteiger partial charge in [-0.2, -0.15) is 0 Å². The van der Waals surface area contributed by atoms with Gasteiger partial charge in [-0.05, 0) is 43.2 Å². The number of hydrogen-bond acceptors (Lipinski definition) is 5. The fraction of sp³-hybridized carbons (Fsp3) is 0.429. The molecule has 1 fully saturated rings. The number of aliphatic imine (C=N–C) groups is 1. The number of aromatic nitrogens is 1. The van der Waals surface area contributed by atoms with Crippen LogP contribution in [0.1, 0.15) is 25.0 Å². The van der Waals surface area contributed by atoms with E-state index in [4.69, 9.17) is 16.3 Å². The van der Waals surface area contributed by atoms with Gasteiger partial charge in [-0.1, -0.05) is 23.7 Å². The first-order chi connectivity index (χ1) is 14.1. The molecule has 164 valence electrons. The molecule has 7 nitrogen and oxygen atoms in total. The molecule has 0 spiro atoms. The Bertz CT molecular complexity index is 821. The first-order valence-electron chi connectivity index (χ1n) is 9.83. The molecule has 2 atom stereocenters. The molecule has 1 aromatic heterocycles. The summed E-state index contributed by atoms with van der Waals surface area (Å²) in [6, 6.07) is 11.3. The lowest BCUT2D eigenvalue weighted by Gasteiger charge is -2.20. The van der Waals surface area contributed by atoms with Crippen LogP contribution >= 0.6 is 35.6 Å². The predicted octanol–water partition coefficient (Wildman–Crippen LogP) is 3.23. The minimum atomic E-state index is -0.677. The summed E-state index contributed by atoms with van der Waals surface area (Å²) in [4.78, 5) is 11.1. The lowest BCUT2D eigenvalue weighted by Crippen LogP contribution is -2.44. The molecular formula is C21H29ClIN5O2. The van der Waals surface area contributed by atoms with E-state index in [1.165, 1.54) is 0 Å². The normalized spacial score (nSPS) is 17.3. The molecule has 1 aliphatic rings. The van der Waals surface area contributed by atoms with Gasteiger partial charge in [0.25, 0.3) is 0 Å². The number of nitrogens with zero attached hydrogens (tertiary/aromatic N) is 3. The smallest absolute Gasteiger partial charge is 0.191 e. The molecule has 3 rings (SSSR count). The Morgan fingerprint density at radius 2 is 2.13 bits per heavy atom. The fourth-order valence-corrected chi connectivity index (χ4v) is 3.54. The van der Waals surface area contributed by atoms with Gasteiger partial charge in [0.1, 0.15) is 11.6 Å². The monoisotopic (exact) mass is 545 g/mol. The molecule has 30 heavy (non-hydrogen) atoms. The van der Waals surface area contributed by atoms with Gasteiger partial charge in [-0.3, -0.25) is 4.99 Å². The molecule has 0 radical (unpaired) electrons. The van der Waals surface area contributed by atoms with Crippen molar-refractivity contribution in [3.8, 4) is 5.75 Å². The average Bonchev–Trinajstić information content (AvgIpc) is 3.20.